The largest absolute Gasteiger partial charge is 0.299 e. The zero-order chi connectivity index (χ0) is 7.30. The molecule has 0 aliphatic heterocycles. The van der Waals surface area contributed by atoms with E-state index < -0.39 is 0 Å². The molecule has 0 aromatic rings. The number of halogens is 2. The molecule has 0 saturated heterocycles. The van der Waals surface area contributed by atoms with Crippen LogP contribution >= 0.6 is 23.2 Å². The van der Waals surface area contributed by atoms with Crippen molar-refractivity contribution in [2.45, 2.75) is 23.6 Å². The first-order chi connectivity index (χ1) is 4.72. The van der Waals surface area contributed by atoms with Crippen LogP contribution in [-0.4, -0.2) is 16.5 Å². The molecule has 0 amide bonds. The number of Topliss-reactive ketones (excluding diaryl/α,β-unsaturated/α-hetero) is 1. The van der Waals surface area contributed by atoms with E-state index >= 15 is 0 Å². The zero-order valence-corrected chi connectivity index (χ0v) is 6.90. The molecular formula is C7H8Cl2O. The summed E-state index contributed by atoms with van der Waals surface area (Å²) in [6.07, 6.45) is 1.66. The lowest BCUT2D eigenvalue weighted by Gasteiger charge is -2.40. The Bertz CT molecular complexity index is 180. The minimum Gasteiger partial charge on any atom is -0.299 e. The molecular weight excluding hydrogens is 171 g/mol. The third kappa shape index (κ3) is 0.680. The van der Waals surface area contributed by atoms with E-state index in [-0.39, 0.29) is 16.7 Å². The molecule has 1 nitrogen and oxygen atoms in total. The molecule has 56 valence electrons. The topological polar surface area (TPSA) is 17.1 Å². The zero-order valence-electron chi connectivity index (χ0n) is 5.39. The summed E-state index contributed by atoms with van der Waals surface area (Å²) in [5.74, 6) is 0.822. The average molecular weight is 179 g/mol. The maximum Gasteiger partial charge on any atom is 0.137 e. The lowest BCUT2D eigenvalue weighted by atomic mass is 9.75. The van der Waals surface area contributed by atoms with E-state index in [0.29, 0.717) is 18.1 Å². The minimum absolute atomic E-state index is 0.0538. The van der Waals surface area contributed by atoms with Gasteiger partial charge in [-0.3, -0.25) is 4.79 Å². The Kier molecular flexibility index (Phi) is 1.47. The van der Waals surface area contributed by atoms with Crippen molar-refractivity contribution in [3.8, 4) is 0 Å². The van der Waals surface area contributed by atoms with Gasteiger partial charge in [-0.1, -0.05) is 0 Å². The standard InChI is InChI=1S/C7H8Cl2O/c8-6-3-1-2-4(10)5(3)7(6)9/h3,5-7H,1-2H2/t3-,5-,6?,7?/m0/s1. The Morgan fingerprint density at radius 1 is 1.30 bits per heavy atom. The number of carbonyl (C=O) groups is 1. The van der Waals surface area contributed by atoms with E-state index in [1.807, 2.05) is 0 Å². The van der Waals surface area contributed by atoms with Crippen LogP contribution in [0, 0.1) is 11.8 Å². The van der Waals surface area contributed by atoms with Crippen LogP contribution in [0.3, 0.4) is 0 Å². The quantitative estimate of drug-likeness (QED) is 0.518. The van der Waals surface area contributed by atoms with Crippen molar-refractivity contribution in [3.05, 3.63) is 0 Å². The minimum atomic E-state index is -0.0818. The third-order valence-electron chi connectivity index (χ3n) is 2.61. The summed E-state index contributed by atoms with van der Waals surface area (Å²) in [5.41, 5.74) is 0. The summed E-state index contributed by atoms with van der Waals surface area (Å²) >= 11 is 11.7. The van der Waals surface area contributed by atoms with Crippen LogP contribution in [0.25, 0.3) is 0 Å². The third-order valence-corrected chi connectivity index (χ3v) is 3.88. The van der Waals surface area contributed by atoms with E-state index in [2.05, 4.69) is 0 Å². The van der Waals surface area contributed by atoms with Gasteiger partial charge < -0.3 is 0 Å². The lowest BCUT2D eigenvalue weighted by Crippen LogP contribution is -2.48. The Morgan fingerprint density at radius 2 is 2.00 bits per heavy atom. The van der Waals surface area contributed by atoms with Crippen LogP contribution in [-0.2, 0) is 4.79 Å². The van der Waals surface area contributed by atoms with Gasteiger partial charge in [-0.15, -0.1) is 23.2 Å². The lowest BCUT2D eigenvalue weighted by molar-refractivity contribution is -0.122. The van der Waals surface area contributed by atoms with Crippen LogP contribution in [0.1, 0.15) is 12.8 Å². The molecule has 4 atom stereocenters. The maximum absolute atomic E-state index is 11.0. The summed E-state index contributed by atoms with van der Waals surface area (Å²) in [5, 5.41) is -0.0280. The summed E-state index contributed by atoms with van der Waals surface area (Å²) in [6, 6.07) is 0. The second kappa shape index (κ2) is 2.12. The molecule has 2 unspecified atom stereocenters. The predicted molar refractivity (Wildman–Crippen MR) is 40.5 cm³/mol. The Balaban J connectivity index is 2.16. The van der Waals surface area contributed by atoms with Gasteiger partial charge in [-0.25, -0.2) is 0 Å². The van der Waals surface area contributed by atoms with Gasteiger partial charge in [0, 0.05) is 12.3 Å². The molecule has 0 aromatic heterocycles. The second-order valence-corrected chi connectivity index (χ2v) is 4.09. The summed E-state index contributed by atoms with van der Waals surface area (Å²) in [7, 11) is 0. The number of alkyl halides is 2. The number of rotatable bonds is 0. The summed E-state index contributed by atoms with van der Waals surface area (Å²) < 4.78 is 0. The van der Waals surface area contributed by atoms with E-state index in [1.165, 1.54) is 0 Å². The molecule has 2 saturated carbocycles. The molecule has 10 heavy (non-hydrogen) atoms. The first kappa shape index (κ1) is 6.93. The van der Waals surface area contributed by atoms with Crippen molar-refractivity contribution < 1.29 is 4.79 Å². The van der Waals surface area contributed by atoms with Gasteiger partial charge in [0.2, 0.25) is 0 Å². The number of carbonyl (C=O) groups excluding carboxylic acids is 1. The van der Waals surface area contributed by atoms with Gasteiger partial charge in [0.15, 0.2) is 0 Å². The first-order valence-corrected chi connectivity index (χ1v) is 4.40. The molecule has 2 rings (SSSR count). The molecule has 0 N–H and O–H groups in total. The van der Waals surface area contributed by atoms with Crippen molar-refractivity contribution >= 4 is 29.0 Å². The highest BCUT2D eigenvalue weighted by Gasteiger charge is 2.55. The van der Waals surface area contributed by atoms with Crippen molar-refractivity contribution in [1.29, 1.82) is 0 Å². The Hall–Kier alpha value is 0.250. The average Bonchev–Trinajstić information content (AvgIpc) is 2.27. The maximum atomic E-state index is 11.0. The fourth-order valence-corrected chi connectivity index (χ4v) is 2.91. The van der Waals surface area contributed by atoms with Crippen molar-refractivity contribution in [3.63, 3.8) is 0 Å². The smallest absolute Gasteiger partial charge is 0.137 e. The number of ketones is 1. The molecule has 2 aliphatic carbocycles. The van der Waals surface area contributed by atoms with Crippen molar-refractivity contribution in [1.82, 2.24) is 0 Å². The fraction of sp³-hybridized carbons (Fsp3) is 0.857. The van der Waals surface area contributed by atoms with Crippen LogP contribution in [0.4, 0.5) is 0 Å². The van der Waals surface area contributed by atoms with Crippen LogP contribution < -0.4 is 0 Å². The van der Waals surface area contributed by atoms with Gasteiger partial charge >= 0.3 is 0 Å². The molecule has 2 aliphatic rings. The van der Waals surface area contributed by atoms with Crippen molar-refractivity contribution in [2.75, 3.05) is 0 Å². The summed E-state index contributed by atoms with van der Waals surface area (Å²) in [4.78, 5) is 11.0. The van der Waals surface area contributed by atoms with Gasteiger partial charge in [0.1, 0.15) is 5.78 Å². The van der Waals surface area contributed by atoms with Crippen molar-refractivity contribution in [2.24, 2.45) is 11.8 Å². The highest BCUT2D eigenvalue weighted by Crippen LogP contribution is 2.50. The SMILES string of the molecule is O=C1CC[C@@H]2C(Cl)C(Cl)[C@H]12. The van der Waals surface area contributed by atoms with Gasteiger partial charge in [-0.05, 0) is 12.3 Å². The van der Waals surface area contributed by atoms with Gasteiger partial charge in [0.25, 0.3) is 0 Å². The Morgan fingerprint density at radius 3 is 2.60 bits per heavy atom. The van der Waals surface area contributed by atoms with E-state index in [1.54, 1.807) is 0 Å². The van der Waals surface area contributed by atoms with Crippen LogP contribution in [0.15, 0.2) is 0 Å². The molecule has 0 radical (unpaired) electrons. The first-order valence-electron chi connectivity index (χ1n) is 3.52. The molecule has 0 aromatic carbocycles. The normalized spacial score (nSPS) is 52.4. The van der Waals surface area contributed by atoms with E-state index in [4.69, 9.17) is 23.2 Å². The number of fused-ring (bicyclic) bond motifs is 1. The highest BCUT2D eigenvalue weighted by molar-refractivity contribution is 6.33. The molecule has 0 spiro atoms. The van der Waals surface area contributed by atoms with Crippen LogP contribution in [0.5, 0.6) is 0 Å². The molecule has 3 heteroatoms. The van der Waals surface area contributed by atoms with Gasteiger partial charge in [-0.2, -0.15) is 0 Å². The Labute approximate surface area is 69.7 Å². The fourth-order valence-electron chi connectivity index (χ4n) is 1.95. The summed E-state index contributed by atoms with van der Waals surface area (Å²) in [6.45, 7) is 0. The highest BCUT2D eigenvalue weighted by atomic mass is 35.5. The van der Waals surface area contributed by atoms with E-state index in [9.17, 15) is 4.79 Å². The molecule has 0 heterocycles. The molecule has 0 bridgehead atoms. The van der Waals surface area contributed by atoms with Gasteiger partial charge in [0.05, 0.1) is 10.8 Å². The second-order valence-electron chi connectivity index (χ2n) is 3.08. The van der Waals surface area contributed by atoms with Crippen LogP contribution in [0.2, 0.25) is 0 Å². The predicted octanol–water partition coefficient (Wildman–Crippen LogP) is 1.81. The number of hydrogen-bond donors (Lipinski definition) is 0. The monoisotopic (exact) mass is 178 g/mol. The number of hydrogen-bond acceptors (Lipinski definition) is 1. The molecule has 2 fully saturated rings. The van der Waals surface area contributed by atoms with E-state index in [0.717, 1.165) is 6.42 Å².